The molecule has 0 saturated carbocycles. The summed E-state index contributed by atoms with van der Waals surface area (Å²) in [5.74, 6) is 6.98. The van der Waals surface area contributed by atoms with Gasteiger partial charge in [-0.3, -0.25) is 0 Å². The molecule has 1 aromatic heterocycles. The average molecular weight is 240 g/mol. The van der Waals surface area contributed by atoms with E-state index < -0.39 is 0 Å². The molecule has 0 amide bonds. The number of imidazole rings is 1. The van der Waals surface area contributed by atoms with Gasteiger partial charge >= 0.3 is 0 Å². The first kappa shape index (κ1) is 12.4. The summed E-state index contributed by atoms with van der Waals surface area (Å²) in [6.45, 7) is 2.91. The van der Waals surface area contributed by atoms with Crippen molar-refractivity contribution in [2.45, 2.75) is 19.9 Å². The third-order valence-corrected chi connectivity index (χ3v) is 2.67. The number of rotatable bonds is 3. The van der Waals surface area contributed by atoms with Crippen LogP contribution < -0.4 is 0 Å². The van der Waals surface area contributed by atoms with Crippen molar-refractivity contribution in [1.82, 2.24) is 9.55 Å². The number of aliphatic hydroxyl groups excluding tert-OH is 1. The van der Waals surface area contributed by atoms with Crippen molar-refractivity contribution in [3.8, 4) is 11.8 Å². The van der Waals surface area contributed by atoms with Gasteiger partial charge < -0.3 is 9.67 Å². The van der Waals surface area contributed by atoms with Gasteiger partial charge in [-0.2, -0.15) is 0 Å². The molecule has 1 aromatic carbocycles. The first-order valence-corrected chi connectivity index (χ1v) is 5.96. The molecule has 0 atom stereocenters. The van der Waals surface area contributed by atoms with Gasteiger partial charge in [0.25, 0.3) is 0 Å². The van der Waals surface area contributed by atoms with Crippen LogP contribution in [0.2, 0.25) is 0 Å². The van der Waals surface area contributed by atoms with Crippen LogP contribution >= 0.6 is 0 Å². The topological polar surface area (TPSA) is 38.0 Å². The van der Waals surface area contributed by atoms with E-state index in [4.69, 9.17) is 5.11 Å². The molecule has 0 radical (unpaired) electrons. The largest absolute Gasteiger partial charge is 0.395 e. The second-order valence-electron chi connectivity index (χ2n) is 4.08. The Hall–Kier alpha value is -2.05. The maximum absolute atomic E-state index is 8.69. The minimum absolute atomic E-state index is 0.112. The molecule has 0 aliphatic rings. The third-order valence-electron chi connectivity index (χ3n) is 2.67. The number of aromatic nitrogens is 2. The number of nitrogens with zero attached hydrogens (tertiary/aromatic N) is 2. The number of aryl methyl sites for hydroxylation is 1. The summed E-state index contributed by atoms with van der Waals surface area (Å²) < 4.78 is 2.10. The molecule has 0 aliphatic heterocycles. The van der Waals surface area contributed by atoms with Gasteiger partial charge in [0.05, 0.1) is 6.61 Å². The Bertz CT molecular complexity index is 575. The van der Waals surface area contributed by atoms with Gasteiger partial charge in [-0.25, -0.2) is 4.98 Å². The maximum atomic E-state index is 8.69. The Morgan fingerprint density at radius 2 is 2.28 bits per heavy atom. The van der Waals surface area contributed by atoms with Crippen molar-refractivity contribution in [2.24, 2.45) is 0 Å². The molecule has 3 heteroatoms. The minimum atomic E-state index is 0.112. The fourth-order valence-corrected chi connectivity index (χ4v) is 1.74. The highest BCUT2D eigenvalue weighted by Gasteiger charge is 1.99. The van der Waals surface area contributed by atoms with Crippen molar-refractivity contribution >= 4 is 0 Å². The third kappa shape index (κ3) is 3.22. The Kier molecular flexibility index (Phi) is 4.16. The molecule has 3 nitrogen and oxygen atoms in total. The molecule has 2 aromatic rings. The molecule has 0 fully saturated rings. The van der Waals surface area contributed by atoms with Gasteiger partial charge in [0.1, 0.15) is 5.82 Å². The van der Waals surface area contributed by atoms with E-state index in [1.165, 1.54) is 5.56 Å². The zero-order valence-corrected chi connectivity index (χ0v) is 10.4. The second-order valence-corrected chi connectivity index (χ2v) is 4.08. The zero-order valence-electron chi connectivity index (χ0n) is 10.4. The zero-order chi connectivity index (χ0) is 12.8. The summed E-state index contributed by atoms with van der Waals surface area (Å²) in [5, 5.41) is 8.69. The van der Waals surface area contributed by atoms with Crippen molar-refractivity contribution in [1.29, 1.82) is 0 Å². The van der Waals surface area contributed by atoms with Crippen LogP contribution in [0, 0.1) is 18.8 Å². The number of hydrogen-bond donors (Lipinski definition) is 1. The highest BCUT2D eigenvalue weighted by molar-refractivity contribution is 5.37. The van der Waals surface area contributed by atoms with Crippen LogP contribution in [0.1, 0.15) is 23.4 Å². The highest BCUT2D eigenvalue weighted by Crippen LogP contribution is 2.08. The molecule has 0 bridgehead atoms. The minimum Gasteiger partial charge on any atom is -0.395 e. The molecule has 92 valence electrons. The summed E-state index contributed by atoms with van der Waals surface area (Å²) in [6, 6.07) is 8.14. The van der Waals surface area contributed by atoms with Crippen LogP contribution in [0.3, 0.4) is 0 Å². The summed E-state index contributed by atoms with van der Waals surface area (Å²) >= 11 is 0. The van der Waals surface area contributed by atoms with E-state index in [1.807, 2.05) is 25.3 Å². The monoisotopic (exact) mass is 240 g/mol. The van der Waals surface area contributed by atoms with E-state index in [2.05, 4.69) is 33.5 Å². The van der Waals surface area contributed by atoms with Crippen LogP contribution in [0.15, 0.2) is 36.7 Å². The van der Waals surface area contributed by atoms with E-state index in [0.29, 0.717) is 6.42 Å². The SMILES string of the molecule is Cc1nccn1Cc1cccc(C#CCCO)c1. The molecule has 18 heavy (non-hydrogen) atoms. The van der Waals surface area contributed by atoms with Gasteiger partial charge in [-0.1, -0.05) is 24.0 Å². The Morgan fingerprint density at radius 1 is 1.39 bits per heavy atom. The first-order valence-electron chi connectivity index (χ1n) is 5.96. The Labute approximate surface area is 107 Å². The molecule has 0 spiro atoms. The van der Waals surface area contributed by atoms with Crippen LogP contribution in [-0.2, 0) is 6.54 Å². The molecule has 0 unspecified atom stereocenters. The summed E-state index contributed by atoms with van der Waals surface area (Å²) in [4.78, 5) is 4.20. The second kappa shape index (κ2) is 6.04. The van der Waals surface area contributed by atoms with Gasteiger partial charge in [-0.05, 0) is 24.6 Å². The van der Waals surface area contributed by atoms with Crippen LogP contribution in [0.4, 0.5) is 0 Å². The molecule has 0 aliphatic carbocycles. The van der Waals surface area contributed by atoms with Crippen LogP contribution in [0.25, 0.3) is 0 Å². The first-order chi connectivity index (χ1) is 8.79. The number of aliphatic hydroxyl groups is 1. The predicted octanol–water partition coefficient (Wildman–Crippen LogP) is 1.97. The van der Waals surface area contributed by atoms with Crippen molar-refractivity contribution in [2.75, 3.05) is 6.61 Å². The summed E-state index contributed by atoms with van der Waals surface area (Å²) in [5.41, 5.74) is 2.19. The van der Waals surface area contributed by atoms with Crippen LogP contribution in [-0.4, -0.2) is 21.3 Å². The van der Waals surface area contributed by atoms with E-state index in [9.17, 15) is 0 Å². The fourth-order valence-electron chi connectivity index (χ4n) is 1.74. The van der Waals surface area contributed by atoms with Gasteiger partial charge in [-0.15, -0.1) is 0 Å². The summed E-state index contributed by atoms with van der Waals surface area (Å²) in [6.07, 6.45) is 4.30. The van der Waals surface area contributed by atoms with Crippen molar-refractivity contribution in [3.05, 3.63) is 53.6 Å². The molecular formula is C15H16N2O. The lowest BCUT2D eigenvalue weighted by molar-refractivity contribution is 0.305. The fraction of sp³-hybridized carbons (Fsp3) is 0.267. The molecule has 1 N–H and O–H groups in total. The highest BCUT2D eigenvalue weighted by atomic mass is 16.2. The normalized spacial score (nSPS) is 9.89. The predicted molar refractivity (Wildman–Crippen MR) is 71.1 cm³/mol. The smallest absolute Gasteiger partial charge is 0.105 e. The van der Waals surface area contributed by atoms with Gasteiger partial charge in [0.2, 0.25) is 0 Å². The molecular weight excluding hydrogens is 224 g/mol. The number of benzene rings is 1. The van der Waals surface area contributed by atoms with Gasteiger partial charge in [0.15, 0.2) is 0 Å². The maximum Gasteiger partial charge on any atom is 0.105 e. The van der Waals surface area contributed by atoms with E-state index in [0.717, 1.165) is 17.9 Å². The lowest BCUT2D eigenvalue weighted by atomic mass is 10.1. The van der Waals surface area contributed by atoms with E-state index in [-0.39, 0.29) is 6.61 Å². The Morgan fingerprint density at radius 3 is 3.00 bits per heavy atom. The molecule has 1 heterocycles. The Balaban J connectivity index is 2.13. The van der Waals surface area contributed by atoms with E-state index in [1.54, 1.807) is 6.20 Å². The quantitative estimate of drug-likeness (QED) is 0.833. The van der Waals surface area contributed by atoms with Gasteiger partial charge in [0, 0.05) is 30.9 Å². The van der Waals surface area contributed by atoms with Crippen molar-refractivity contribution in [3.63, 3.8) is 0 Å². The van der Waals surface area contributed by atoms with Crippen molar-refractivity contribution < 1.29 is 5.11 Å². The average Bonchev–Trinajstić information content (AvgIpc) is 2.76. The van der Waals surface area contributed by atoms with E-state index >= 15 is 0 Å². The summed E-state index contributed by atoms with van der Waals surface area (Å²) in [7, 11) is 0. The number of hydrogen-bond acceptors (Lipinski definition) is 2. The standard InChI is InChI=1S/C15H16N2O/c1-13-16-8-9-17(13)12-15-7-4-6-14(11-15)5-2-3-10-18/h4,6-9,11,18H,3,10,12H2,1H3. The molecule has 0 saturated heterocycles. The lowest BCUT2D eigenvalue weighted by Gasteiger charge is -2.05. The molecule has 2 rings (SSSR count). The lowest BCUT2D eigenvalue weighted by Crippen LogP contribution is -2.00. The van der Waals surface area contributed by atoms with Crippen LogP contribution in [0.5, 0.6) is 0 Å².